The predicted octanol–water partition coefficient (Wildman–Crippen LogP) is -0.555. The second kappa shape index (κ2) is 5.46. The molecule has 1 heterocycles. The minimum absolute atomic E-state index is 0.183. The van der Waals surface area contributed by atoms with E-state index in [9.17, 15) is 16.8 Å². The Bertz CT molecular complexity index is 413. The Morgan fingerprint density at radius 3 is 2.56 bits per heavy atom. The fourth-order valence-corrected chi connectivity index (χ4v) is 4.33. The Morgan fingerprint density at radius 2 is 2.06 bits per heavy atom. The minimum Gasteiger partial charge on any atom is -0.316 e. The monoisotopic (exact) mass is 269 g/mol. The maximum absolute atomic E-state index is 11.2. The molecule has 1 aliphatic rings. The van der Waals surface area contributed by atoms with Crippen LogP contribution < -0.4 is 5.32 Å². The van der Waals surface area contributed by atoms with Gasteiger partial charge in [0.25, 0.3) is 0 Å². The highest BCUT2D eigenvalue weighted by molar-refractivity contribution is 7.91. The maximum Gasteiger partial charge on any atom is 0.150 e. The molecule has 0 aliphatic carbocycles. The van der Waals surface area contributed by atoms with Gasteiger partial charge in [-0.15, -0.1) is 0 Å². The molecule has 0 bridgehead atoms. The molecule has 7 heteroatoms. The average molecular weight is 269 g/mol. The van der Waals surface area contributed by atoms with Crippen molar-refractivity contribution in [3.8, 4) is 0 Å². The van der Waals surface area contributed by atoms with Gasteiger partial charge in [-0.25, -0.2) is 16.8 Å². The first-order valence-corrected chi connectivity index (χ1v) is 9.25. The third-order valence-corrected chi connectivity index (χ3v) is 5.50. The molecule has 1 saturated heterocycles. The van der Waals surface area contributed by atoms with Crippen molar-refractivity contribution in [1.82, 2.24) is 5.32 Å². The van der Waals surface area contributed by atoms with Gasteiger partial charge in [-0.3, -0.25) is 0 Å². The highest BCUT2D eigenvalue weighted by Crippen LogP contribution is 2.17. The van der Waals surface area contributed by atoms with E-state index in [1.54, 1.807) is 0 Å². The van der Waals surface area contributed by atoms with Crippen molar-refractivity contribution in [2.24, 2.45) is 5.92 Å². The maximum atomic E-state index is 11.2. The lowest BCUT2D eigenvalue weighted by molar-refractivity contribution is 0.519. The SMILES string of the molecule is CS(=O)(=O)CCCNCC1CCS(=O)(=O)C1. The van der Waals surface area contributed by atoms with Gasteiger partial charge in [-0.1, -0.05) is 0 Å². The van der Waals surface area contributed by atoms with Gasteiger partial charge in [0, 0.05) is 6.26 Å². The van der Waals surface area contributed by atoms with Crippen LogP contribution in [0.4, 0.5) is 0 Å². The van der Waals surface area contributed by atoms with Crippen LogP contribution in [0.1, 0.15) is 12.8 Å². The zero-order valence-electron chi connectivity index (χ0n) is 9.48. The van der Waals surface area contributed by atoms with E-state index in [0.717, 1.165) is 6.42 Å². The molecule has 96 valence electrons. The van der Waals surface area contributed by atoms with Gasteiger partial charge >= 0.3 is 0 Å². The fourth-order valence-electron chi connectivity index (χ4n) is 1.80. The molecule has 1 unspecified atom stereocenters. The molecule has 0 saturated carbocycles. The average Bonchev–Trinajstić information content (AvgIpc) is 2.43. The van der Waals surface area contributed by atoms with Crippen molar-refractivity contribution in [3.63, 3.8) is 0 Å². The van der Waals surface area contributed by atoms with Gasteiger partial charge in [0.15, 0.2) is 9.84 Å². The van der Waals surface area contributed by atoms with Gasteiger partial charge < -0.3 is 5.32 Å². The number of rotatable bonds is 6. The van der Waals surface area contributed by atoms with Crippen LogP contribution in [-0.2, 0) is 19.7 Å². The van der Waals surface area contributed by atoms with Crippen molar-refractivity contribution < 1.29 is 16.8 Å². The quantitative estimate of drug-likeness (QED) is 0.654. The summed E-state index contributed by atoms with van der Waals surface area (Å²) in [5.41, 5.74) is 0. The lowest BCUT2D eigenvalue weighted by Crippen LogP contribution is -2.25. The Labute approximate surface area is 97.5 Å². The molecule has 16 heavy (non-hydrogen) atoms. The summed E-state index contributed by atoms with van der Waals surface area (Å²) >= 11 is 0. The molecule has 0 aromatic heterocycles. The van der Waals surface area contributed by atoms with Crippen LogP contribution in [0.2, 0.25) is 0 Å². The summed E-state index contributed by atoms with van der Waals surface area (Å²) in [6.07, 6.45) is 2.52. The highest BCUT2D eigenvalue weighted by atomic mass is 32.2. The first-order valence-electron chi connectivity index (χ1n) is 5.37. The van der Waals surface area contributed by atoms with E-state index in [2.05, 4.69) is 5.32 Å². The van der Waals surface area contributed by atoms with Crippen LogP contribution in [-0.4, -0.2) is 53.4 Å². The third-order valence-electron chi connectivity index (χ3n) is 2.63. The van der Waals surface area contributed by atoms with E-state index in [4.69, 9.17) is 0 Å². The summed E-state index contributed by atoms with van der Waals surface area (Å²) in [6.45, 7) is 1.30. The first kappa shape index (κ1) is 13.9. The van der Waals surface area contributed by atoms with Crippen molar-refractivity contribution in [3.05, 3.63) is 0 Å². The summed E-state index contributed by atoms with van der Waals surface area (Å²) < 4.78 is 44.0. The molecular formula is C9H19NO4S2. The molecule has 0 spiro atoms. The van der Waals surface area contributed by atoms with E-state index in [-0.39, 0.29) is 17.4 Å². The Kier molecular flexibility index (Phi) is 4.75. The molecule has 1 aliphatic heterocycles. The topological polar surface area (TPSA) is 80.3 Å². The van der Waals surface area contributed by atoms with Gasteiger partial charge in [-0.2, -0.15) is 0 Å². The second-order valence-electron chi connectivity index (χ2n) is 4.46. The molecule has 5 nitrogen and oxygen atoms in total. The van der Waals surface area contributed by atoms with Crippen LogP contribution in [0.3, 0.4) is 0 Å². The van der Waals surface area contributed by atoms with Crippen LogP contribution in [0.25, 0.3) is 0 Å². The van der Waals surface area contributed by atoms with Crippen LogP contribution in [0.5, 0.6) is 0 Å². The van der Waals surface area contributed by atoms with E-state index < -0.39 is 19.7 Å². The molecule has 1 rings (SSSR count). The van der Waals surface area contributed by atoms with E-state index in [0.29, 0.717) is 25.3 Å². The van der Waals surface area contributed by atoms with E-state index >= 15 is 0 Å². The first-order chi connectivity index (χ1) is 7.29. The van der Waals surface area contributed by atoms with Crippen molar-refractivity contribution in [2.75, 3.05) is 36.6 Å². The molecule has 0 aromatic carbocycles. The standard InChI is InChI=1S/C9H19NO4S2/c1-15(11,12)5-2-4-10-7-9-3-6-16(13,14)8-9/h9-10H,2-8H2,1H3. The van der Waals surface area contributed by atoms with Gasteiger partial charge in [0.05, 0.1) is 17.3 Å². The smallest absolute Gasteiger partial charge is 0.150 e. The Balaban J connectivity index is 2.09. The molecular weight excluding hydrogens is 250 g/mol. The summed E-state index contributed by atoms with van der Waals surface area (Å²) in [5.74, 6) is 0.945. The highest BCUT2D eigenvalue weighted by Gasteiger charge is 2.27. The van der Waals surface area contributed by atoms with E-state index in [1.165, 1.54) is 6.26 Å². The normalized spacial score (nSPS) is 24.7. The third kappa shape index (κ3) is 5.81. The number of nitrogens with one attached hydrogen (secondary N) is 1. The zero-order chi connectivity index (χ0) is 12.2. The zero-order valence-corrected chi connectivity index (χ0v) is 11.1. The molecule has 0 amide bonds. The molecule has 1 N–H and O–H groups in total. The molecule has 1 fully saturated rings. The van der Waals surface area contributed by atoms with E-state index in [1.807, 2.05) is 0 Å². The lowest BCUT2D eigenvalue weighted by atomic mass is 10.1. The van der Waals surface area contributed by atoms with Crippen molar-refractivity contribution >= 4 is 19.7 Å². The van der Waals surface area contributed by atoms with Gasteiger partial charge in [0.2, 0.25) is 0 Å². The number of hydrogen-bond donors (Lipinski definition) is 1. The van der Waals surface area contributed by atoms with Gasteiger partial charge in [0.1, 0.15) is 9.84 Å². The summed E-state index contributed by atoms with van der Waals surface area (Å²) in [6, 6.07) is 0. The summed E-state index contributed by atoms with van der Waals surface area (Å²) in [5, 5.41) is 3.11. The number of sulfone groups is 2. The molecule has 1 atom stereocenters. The second-order valence-corrected chi connectivity index (χ2v) is 8.95. The summed E-state index contributed by atoms with van der Waals surface area (Å²) in [7, 11) is -5.68. The fraction of sp³-hybridized carbons (Fsp3) is 1.00. The van der Waals surface area contributed by atoms with Crippen molar-refractivity contribution in [2.45, 2.75) is 12.8 Å². The van der Waals surface area contributed by atoms with Crippen LogP contribution in [0, 0.1) is 5.92 Å². The minimum atomic E-state index is -2.88. The largest absolute Gasteiger partial charge is 0.316 e. The van der Waals surface area contributed by atoms with Crippen molar-refractivity contribution in [1.29, 1.82) is 0 Å². The molecule has 0 aromatic rings. The van der Waals surface area contributed by atoms with Crippen LogP contribution >= 0.6 is 0 Å². The van der Waals surface area contributed by atoms with Gasteiger partial charge in [-0.05, 0) is 31.8 Å². The summed E-state index contributed by atoms with van der Waals surface area (Å²) in [4.78, 5) is 0. The Morgan fingerprint density at radius 1 is 1.38 bits per heavy atom. The van der Waals surface area contributed by atoms with Crippen LogP contribution in [0.15, 0.2) is 0 Å². The molecule has 0 radical (unpaired) electrons. The predicted molar refractivity (Wildman–Crippen MR) is 64.0 cm³/mol. The Hall–Kier alpha value is -0.140. The lowest BCUT2D eigenvalue weighted by Gasteiger charge is -2.08. The number of hydrogen-bond acceptors (Lipinski definition) is 5.